The number of carbonyl (C=O) groups is 1. The highest BCUT2D eigenvalue weighted by atomic mass is 16.5. The van der Waals surface area contributed by atoms with Crippen molar-refractivity contribution in [3.05, 3.63) is 89.5 Å². The molecule has 4 aromatic rings. The van der Waals surface area contributed by atoms with E-state index in [1.807, 2.05) is 61.3 Å². The zero-order chi connectivity index (χ0) is 24.2. The summed E-state index contributed by atoms with van der Waals surface area (Å²) in [6, 6.07) is 19.8. The molecule has 1 aliphatic heterocycles. The van der Waals surface area contributed by atoms with Gasteiger partial charge in [0, 0.05) is 53.6 Å². The van der Waals surface area contributed by atoms with Gasteiger partial charge < -0.3 is 15.0 Å². The predicted molar refractivity (Wildman–Crippen MR) is 137 cm³/mol. The lowest BCUT2D eigenvalue weighted by Crippen LogP contribution is -2.36. The standard InChI is InChI=1S/C28H29N5O2/c1-19-14-26(31-20(2)30-19)32-25-10-4-8-24(16-25)28(34)33-12-13-35-18-21(17-33)15-23-7-3-6-22-9-5-11-29-27(22)23/h3-11,14,16,21H,12-13,15,17-18H2,1-2H3,(H,30,31,32). The Labute approximate surface area is 205 Å². The Hall–Kier alpha value is -3.84. The van der Waals surface area contributed by atoms with Crippen LogP contribution in [0.15, 0.2) is 66.9 Å². The van der Waals surface area contributed by atoms with Gasteiger partial charge >= 0.3 is 0 Å². The van der Waals surface area contributed by atoms with Crippen LogP contribution in [-0.2, 0) is 11.2 Å². The Morgan fingerprint density at radius 1 is 1.09 bits per heavy atom. The molecule has 1 aliphatic rings. The van der Waals surface area contributed by atoms with E-state index in [-0.39, 0.29) is 11.8 Å². The zero-order valence-corrected chi connectivity index (χ0v) is 20.1. The van der Waals surface area contributed by atoms with Crippen LogP contribution in [0.1, 0.15) is 27.4 Å². The van der Waals surface area contributed by atoms with E-state index in [0.717, 1.165) is 28.7 Å². The summed E-state index contributed by atoms with van der Waals surface area (Å²) in [5, 5.41) is 4.43. The van der Waals surface area contributed by atoms with Gasteiger partial charge in [-0.25, -0.2) is 9.97 Å². The monoisotopic (exact) mass is 467 g/mol. The Bertz CT molecular complexity index is 1330. The molecule has 7 heteroatoms. The van der Waals surface area contributed by atoms with Crippen molar-refractivity contribution >= 4 is 28.3 Å². The average molecular weight is 468 g/mol. The van der Waals surface area contributed by atoms with Crippen molar-refractivity contribution in [1.82, 2.24) is 19.9 Å². The number of carbonyl (C=O) groups excluding carboxylic acids is 1. The number of hydrogen-bond donors (Lipinski definition) is 1. The molecular weight excluding hydrogens is 438 g/mol. The van der Waals surface area contributed by atoms with Crippen LogP contribution in [-0.4, -0.2) is 52.1 Å². The average Bonchev–Trinajstić information content (AvgIpc) is 3.09. The summed E-state index contributed by atoms with van der Waals surface area (Å²) in [6.07, 6.45) is 2.64. The van der Waals surface area contributed by atoms with Gasteiger partial charge in [-0.15, -0.1) is 0 Å². The number of pyridine rings is 1. The predicted octanol–water partition coefficient (Wildman–Crippen LogP) is 4.72. The minimum atomic E-state index is 0.00948. The minimum absolute atomic E-state index is 0.00948. The highest BCUT2D eigenvalue weighted by Crippen LogP contribution is 2.23. The number of benzene rings is 2. The number of aromatic nitrogens is 3. The molecule has 35 heavy (non-hydrogen) atoms. The molecule has 5 rings (SSSR count). The van der Waals surface area contributed by atoms with E-state index in [1.54, 1.807) is 0 Å². The molecule has 1 amide bonds. The molecule has 0 aliphatic carbocycles. The minimum Gasteiger partial charge on any atom is -0.379 e. The first-order valence-corrected chi connectivity index (χ1v) is 11.9. The summed E-state index contributed by atoms with van der Waals surface area (Å²) in [5.41, 5.74) is 4.56. The lowest BCUT2D eigenvalue weighted by atomic mass is 9.97. The van der Waals surface area contributed by atoms with Gasteiger partial charge in [-0.1, -0.05) is 30.3 Å². The largest absolute Gasteiger partial charge is 0.379 e. The first-order chi connectivity index (χ1) is 17.0. The Morgan fingerprint density at radius 2 is 1.94 bits per heavy atom. The van der Waals surface area contributed by atoms with Crippen molar-refractivity contribution in [2.75, 3.05) is 31.6 Å². The quantitative estimate of drug-likeness (QED) is 0.458. The number of nitrogens with zero attached hydrogens (tertiary/aromatic N) is 4. The molecule has 2 aromatic carbocycles. The molecule has 1 fully saturated rings. The summed E-state index contributed by atoms with van der Waals surface area (Å²) >= 11 is 0. The van der Waals surface area contributed by atoms with Gasteiger partial charge in [0.15, 0.2) is 0 Å². The van der Waals surface area contributed by atoms with E-state index >= 15 is 0 Å². The second-order valence-electron chi connectivity index (χ2n) is 9.04. The molecule has 0 radical (unpaired) electrons. The molecule has 0 bridgehead atoms. The van der Waals surface area contributed by atoms with Crippen LogP contribution in [0.5, 0.6) is 0 Å². The van der Waals surface area contributed by atoms with E-state index in [4.69, 9.17) is 4.74 Å². The fourth-order valence-corrected chi connectivity index (χ4v) is 4.67. The van der Waals surface area contributed by atoms with E-state index in [0.29, 0.717) is 43.5 Å². The van der Waals surface area contributed by atoms with Crippen LogP contribution in [0.2, 0.25) is 0 Å². The van der Waals surface area contributed by atoms with Crippen molar-refractivity contribution in [3.8, 4) is 0 Å². The molecule has 2 aromatic heterocycles. The number of ether oxygens (including phenoxy) is 1. The molecule has 0 saturated carbocycles. The number of rotatable bonds is 5. The smallest absolute Gasteiger partial charge is 0.254 e. The van der Waals surface area contributed by atoms with E-state index in [9.17, 15) is 4.79 Å². The normalized spacial score (nSPS) is 16.2. The Kier molecular flexibility index (Phi) is 6.68. The van der Waals surface area contributed by atoms with Gasteiger partial charge in [0.25, 0.3) is 5.91 Å². The molecule has 3 heterocycles. The lowest BCUT2D eigenvalue weighted by molar-refractivity contribution is 0.0737. The second kappa shape index (κ2) is 10.2. The summed E-state index contributed by atoms with van der Waals surface area (Å²) in [4.78, 5) is 28.7. The maximum Gasteiger partial charge on any atom is 0.254 e. The fourth-order valence-electron chi connectivity index (χ4n) is 4.67. The van der Waals surface area contributed by atoms with Crippen molar-refractivity contribution in [1.29, 1.82) is 0 Å². The number of nitrogens with one attached hydrogen (secondary N) is 1. The maximum atomic E-state index is 13.5. The summed E-state index contributed by atoms with van der Waals surface area (Å²) in [6.45, 7) is 6.18. The van der Waals surface area contributed by atoms with Crippen molar-refractivity contribution < 1.29 is 9.53 Å². The topological polar surface area (TPSA) is 80.2 Å². The van der Waals surface area contributed by atoms with Crippen molar-refractivity contribution in [3.63, 3.8) is 0 Å². The van der Waals surface area contributed by atoms with E-state index < -0.39 is 0 Å². The molecule has 0 spiro atoms. The molecule has 7 nitrogen and oxygen atoms in total. The maximum absolute atomic E-state index is 13.5. The van der Waals surface area contributed by atoms with E-state index in [2.05, 4.69) is 44.5 Å². The van der Waals surface area contributed by atoms with Crippen molar-refractivity contribution in [2.45, 2.75) is 20.3 Å². The highest BCUT2D eigenvalue weighted by molar-refractivity contribution is 5.95. The molecule has 1 saturated heterocycles. The van der Waals surface area contributed by atoms with Gasteiger partial charge in [-0.2, -0.15) is 0 Å². The van der Waals surface area contributed by atoms with Gasteiger partial charge in [-0.3, -0.25) is 9.78 Å². The van der Waals surface area contributed by atoms with Gasteiger partial charge in [0.05, 0.1) is 18.7 Å². The fraction of sp³-hybridized carbons (Fsp3) is 0.286. The first kappa shape index (κ1) is 22.9. The number of para-hydroxylation sites is 1. The number of aryl methyl sites for hydroxylation is 2. The molecule has 178 valence electrons. The first-order valence-electron chi connectivity index (χ1n) is 11.9. The number of hydrogen-bond acceptors (Lipinski definition) is 6. The number of fused-ring (bicyclic) bond motifs is 1. The summed E-state index contributed by atoms with van der Waals surface area (Å²) < 4.78 is 5.89. The van der Waals surface area contributed by atoms with Gasteiger partial charge in [0.2, 0.25) is 0 Å². The molecule has 1 N–H and O–H groups in total. The molecule has 1 unspecified atom stereocenters. The summed E-state index contributed by atoms with van der Waals surface area (Å²) in [5.74, 6) is 1.63. The second-order valence-corrected chi connectivity index (χ2v) is 9.04. The third-order valence-corrected chi connectivity index (χ3v) is 6.20. The van der Waals surface area contributed by atoms with Crippen LogP contribution in [0.3, 0.4) is 0 Å². The zero-order valence-electron chi connectivity index (χ0n) is 20.1. The van der Waals surface area contributed by atoms with Crippen molar-refractivity contribution in [2.24, 2.45) is 5.92 Å². The van der Waals surface area contributed by atoms with Crippen LogP contribution >= 0.6 is 0 Å². The van der Waals surface area contributed by atoms with Crippen LogP contribution in [0.4, 0.5) is 11.5 Å². The SMILES string of the molecule is Cc1cc(Nc2cccc(C(=O)N3CCOCC(Cc4cccc5cccnc45)C3)c2)nc(C)n1. The van der Waals surface area contributed by atoms with Crippen LogP contribution < -0.4 is 5.32 Å². The van der Waals surface area contributed by atoms with Crippen LogP contribution in [0, 0.1) is 19.8 Å². The third-order valence-electron chi connectivity index (χ3n) is 6.20. The Morgan fingerprint density at radius 3 is 2.83 bits per heavy atom. The van der Waals surface area contributed by atoms with E-state index in [1.165, 1.54) is 5.56 Å². The Balaban J connectivity index is 1.32. The summed E-state index contributed by atoms with van der Waals surface area (Å²) in [7, 11) is 0. The highest BCUT2D eigenvalue weighted by Gasteiger charge is 2.24. The number of amides is 1. The number of anilines is 2. The molecular formula is C28H29N5O2. The third kappa shape index (κ3) is 5.46. The lowest BCUT2D eigenvalue weighted by Gasteiger charge is -2.24. The van der Waals surface area contributed by atoms with Crippen LogP contribution in [0.25, 0.3) is 10.9 Å². The molecule has 1 atom stereocenters. The van der Waals surface area contributed by atoms with Gasteiger partial charge in [0.1, 0.15) is 11.6 Å². The van der Waals surface area contributed by atoms with Gasteiger partial charge in [-0.05, 0) is 50.1 Å².